The average Bonchev–Trinajstić information content (AvgIpc) is 3.54. The van der Waals surface area contributed by atoms with Crippen molar-refractivity contribution >= 4 is 23.8 Å². The number of carbonyl (C=O) groups excluding carboxylic acids is 2. The number of carboxylic acid groups (broad SMARTS) is 1. The zero-order chi connectivity index (χ0) is 37.3. The molecule has 3 aromatic carbocycles. The van der Waals surface area contributed by atoms with Crippen molar-refractivity contribution in [1.82, 2.24) is 9.55 Å². The first-order chi connectivity index (χ1) is 24.9. The van der Waals surface area contributed by atoms with Gasteiger partial charge in [-0.1, -0.05) is 72.8 Å². The number of aliphatic carboxylic acids is 1. The molecule has 13 heteroatoms. The molecule has 1 amide bonds. The van der Waals surface area contributed by atoms with E-state index in [1.807, 2.05) is 84.9 Å². The quantitative estimate of drug-likeness (QED) is 0.146. The largest absolute Gasteiger partial charge is 0.497 e. The van der Waals surface area contributed by atoms with Crippen LogP contribution in [0.15, 0.2) is 102 Å². The number of aromatic nitrogens is 2. The molecule has 0 saturated carbocycles. The van der Waals surface area contributed by atoms with Crippen molar-refractivity contribution in [2.24, 2.45) is 5.92 Å². The monoisotopic (exact) mass is 713 g/mol. The molecule has 1 saturated heterocycles. The fourth-order valence-corrected chi connectivity index (χ4v) is 6.21. The maximum absolute atomic E-state index is 13.5. The van der Waals surface area contributed by atoms with Gasteiger partial charge in [0.05, 0.1) is 26.6 Å². The summed E-state index contributed by atoms with van der Waals surface area (Å²) in [5.74, 6) is -1.69. The SMILES string of the molecule is COc1ccc(COC(c2ccccc2)(c2ccccc2)C2CC(n3ccc(NC(=O)OC(C)(C)C)nc3=O)OC2COC(=O)CCC(=O)O)cc1. The van der Waals surface area contributed by atoms with Crippen LogP contribution in [-0.2, 0) is 40.7 Å². The molecule has 1 fully saturated rings. The molecule has 274 valence electrons. The third-order valence-electron chi connectivity index (χ3n) is 8.51. The molecule has 52 heavy (non-hydrogen) atoms. The molecule has 1 aromatic heterocycles. The van der Waals surface area contributed by atoms with Gasteiger partial charge in [-0.15, -0.1) is 0 Å². The third kappa shape index (κ3) is 9.42. The highest BCUT2D eigenvalue weighted by molar-refractivity contribution is 5.83. The Morgan fingerprint density at radius 2 is 1.56 bits per heavy atom. The number of anilines is 1. The van der Waals surface area contributed by atoms with E-state index < -0.39 is 53.2 Å². The molecule has 13 nitrogen and oxygen atoms in total. The molecular formula is C39H43N3O10. The fourth-order valence-electron chi connectivity index (χ4n) is 6.21. The Morgan fingerprint density at radius 1 is 0.923 bits per heavy atom. The highest BCUT2D eigenvalue weighted by Crippen LogP contribution is 2.50. The van der Waals surface area contributed by atoms with E-state index in [4.69, 9.17) is 28.8 Å². The van der Waals surface area contributed by atoms with Crippen LogP contribution in [0.1, 0.15) is 63.0 Å². The lowest BCUT2D eigenvalue weighted by Gasteiger charge is -2.42. The third-order valence-corrected chi connectivity index (χ3v) is 8.51. The molecule has 5 rings (SSSR count). The number of nitrogens with zero attached hydrogens (tertiary/aromatic N) is 2. The summed E-state index contributed by atoms with van der Waals surface area (Å²) >= 11 is 0. The topological polar surface area (TPSA) is 165 Å². The second-order valence-electron chi connectivity index (χ2n) is 13.3. The lowest BCUT2D eigenvalue weighted by Crippen LogP contribution is -2.45. The van der Waals surface area contributed by atoms with Crippen molar-refractivity contribution in [3.63, 3.8) is 0 Å². The summed E-state index contributed by atoms with van der Waals surface area (Å²) < 4.78 is 31.2. The number of amides is 1. The van der Waals surface area contributed by atoms with Crippen molar-refractivity contribution in [2.75, 3.05) is 19.0 Å². The van der Waals surface area contributed by atoms with Crippen LogP contribution in [0.25, 0.3) is 0 Å². The molecule has 2 heterocycles. The number of hydrogen-bond acceptors (Lipinski definition) is 10. The Bertz CT molecular complexity index is 1840. The number of nitrogens with one attached hydrogen (secondary N) is 1. The Labute approximate surface area is 301 Å². The maximum Gasteiger partial charge on any atom is 0.413 e. The molecule has 0 bridgehead atoms. The average molecular weight is 714 g/mol. The van der Waals surface area contributed by atoms with Gasteiger partial charge in [-0.3, -0.25) is 19.5 Å². The number of carboxylic acids is 1. The van der Waals surface area contributed by atoms with E-state index >= 15 is 0 Å². The zero-order valence-corrected chi connectivity index (χ0v) is 29.5. The van der Waals surface area contributed by atoms with Gasteiger partial charge in [-0.05, 0) is 55.7 Å². The Morgan fingerprint density at radius 3 is 2.12 bits per heavy atom. The molecule has 0 aliphatic carbocycles. The van der Waals surface area contributed by atoms with E-state index in [1.54, 1.807) is 27.9 Å². The van der Waals surface area contributed by atoms with Gasteiger partial charge in [-0.25, -0.2) is 9.59 Å². The van der Waals surface area contributed by atoms with Gasteiger partial charge >= 0.3 is 23.7 Å². The van der Waals surface area contributed by atoms with Gasteiger partial charge in [0.25, 0.3) is 0 Å². The number of ether oxygens (including phenoxy) is 5. The van der Waals surface area contributed by atoms with Crippen LogP contribution in [0.5, 0.6) is 5.75 Å². The van der Waals surface area contributed by atoms with Crippen LogP contribution in [0.4, 0.5) is 10.6 Å². The van der Waals surface area contributed by atoms with Gasteiger partial charge in [0, 0.05) is 18.5 Å². The van der Waals surface area contributed by atoms with Crippen LogP contribution in [-0.4, -0.2) is 58.1 Å². The van der Waals surface area contributed by atoms with Crippen molar-refractivity contribution in [2.45, 2.75) is 70.2 Å². The van der Waals surface area contributed by atoms with Crippen LogP contribution in [0.2, 0.25) is 0 Å². The predicted octanol–water partition coefficient (Wildman–Crippen LogP) is 6.07. The molecule has 0 radical (unpaired) electrons. The second-order valence-corrected chi connectivity index (χ2v) is 13.3. The summed E-state index contributed by atoms with van der Waals surface area (Å²) in [6, 6.07) is 28.2. The van der Waals surface area contributed by atoms with Crippen LogP contribution < -0.4 is 15.7 Å². The minimum atomic E-state index is -1.20. The van der Waals surface area contributed by atoms with E-state index in [1.165, 1.54) is 16.8 Å². The fraction of sp³-hybridized carbons (Fsp3) is 0.359. The van der Waals surface area contributed by atoms with Crippen molar-refractivity contribution < 1.29 is 43.2 Å². The van der Waals surface area contributed by atoms with Crippen molar-refractivity contribution in [3.05, 3.63) is 124 Å². The molecule has 3 unspecified atom stereocenters. The van der Waals surface area contributed by atoms with Crippen LogP contribution >= 0.6 is 0 Å². The van der Waals surface area contributed by atoms with Gasteiger partial charge < -0.3 is 28.8 Å². The minimum absolute atomic E-state index is 0.000278. The Balaban J connectivity index is 1.55. The Kier molecular flexibility index (Phi) is 12.1. The van der Waals surface area contributed by atoms with Gasteiger partial charge in [-0.2, -0.15) is 4.98 Å². The molecule has 2 N–H and O–H groups in total. The number of methoxy groups -OCH3 is 1. The van der Waals surface area contributed by atoms with E-state index in [9.17, 15) is 19.2 Å². The van der Waals surface area contributed by atoms with E-state index in [0.29, 0.717) is 5.75 Å². The predicted molar refractivity (Wildman–Crippen MR) is 190 cm³/mol. The first-order valence-corrected chi connectivity index (χ1v) is 16.9. The highest BCUT2D eigenvalue weighted by Gasteiger charge is 2.53. The molecule has 3 atom stereocenters. The summed E-state index contributed by atoms with van der Waals surface area (Å²) in [5.41, 5.74) is -0.178. The van der Waals surface area contributed by atoms with Crippen molar-refractivity contribution in [3.8, 4) is 5.75 Å². The molecular weight excluding hydrogens is 670 g/mol. The zero-order valence-electron chi connectivity index (χ0n) is 29.5. The highest BCUT2D eigenvalue weighted by atomic mass is 16.6. The van der Waals surface area contributed by atoms with Crippen LogP contribution in [0, 0.1) is 5.92 Å². The first-order valence-electron chi connectivity index (χ1n) is 16.9. The first kappa shape index (κ1) is 37.7. The lowest BCUT2D eigenvalue weighted by atomic mass is 9.72. The summed E-state index contributed by atoms with van der Waals surface area (Å²) in [4.78, 5) is 53.7. The number of rotatable bonds is 14. The lowest BCUT2D eigenvalue weighted by molar-refractivity contribution is -0.155. The number of esters is 1. The standard InChI is InChI=1S/C39H43N3O10/c1-38(2,3)52-37(47)41-32-21-22-42(36(46)40-32)33-23-30(31(51-33)25-49-35(45)20-19-34(43)44)39(27-11-7-5-8-12-27,28-13-9-6-10-14-28)50-24-26-15-17-29(48-4)18-16-26/h5-18,21-22,30-31,33H,19-20,23-25H2,1-4H3,(H,43,44)(H,40,41,46,47). The van der Waals surface area contributed by atoms with E-state index in [0.717, 1.165) is 16.7 Å². The Hall–Kier alpha value is -5.53. The molecule has 4 aromatic rings. The van der Waals surface area contributed by atoms with Crippen molar-refractivity contribution in [1.29, 1.82) is 0 Å². The number of benzene rings is 3. The van der Waals surface area contributed by atoms with Gasteiger partial charge in [0.1, 0.15) is 41.7 Å². The summed E-state index contributed by atoms with van der Waals surface area (Å²) in [5, 5.41) is 11.6. The molecule has 1 aliphatic rings. The smallest absolute Gasteiger partial charge is 0.413 e. The normalized spacial score (nSPS) is 17.3. The molecule has 0 spiro atoms. The van der Waals surface area contributed by atoms with E-state index in [2.05, 4.69) is 10.3 Å². The number of carbonyl (C=O) groups is 3. The van der Waals surface area contributed by atoms with E-state index in [-0.39, 0.29) is 38.3 Å². The summed E-state index contributed by atoms with van der Waals surface area (Å²) in [7, 11) is 1.60. The van der Waals surface area contributed by atoms with Gasteiger partial charge in [0.15, 0.2) is 0 Å². The van der Waals surface area contributed by atoms with Crippen LogP contribution in [0.3, 0.4) is 0 Å². The maximum atomic E-state index is 13.5. The van der Waals surface area contributed by atoms with Gasteiger partial charge in [0.2, 0.25) is 0 Å². The second kappa shape index (κ2) is 16.7. The summed E-state index contributed by atoms with van der Waals surface area (Å²) in [6.45, 7) is 5.09. The minimum Gasteiger partial charge on any atom is -0.497 e. The number of hydrogen-bond donors (Lipinski definition) is 2. The summed E-state index contributed by atoms with van der Waals surface area (Å²) in [6.07, 6.45) is -1.50. The molecule has 1 aliphatic heterocycles.